The number of thioether (sulfide) groups is 2. The highest BCUT2D eigenvalue weighted by atomic mass is 32.2. The van der Waals surface area contributed by atoms with Crippen molar-refractivity contribution in [2.75, 3.05) is 6.61 Å². The first-order valence-corrected chi connectivity index (χ1v) is 8.52. The average molecular weight is 282 g/mol. The third-order valence-electron chi connectivity index (χ3n) is 2.94. The molecule has 1 aromatic carbocycles. The van der Waals surface area contributed by atoms with Gasteiger partial charge in [-0.3, -0.25) is 0 Å². The molecule has 3 heteroatoms. The molecular formula is C15H22OS2. The summed E-state index contributed by atoms with van der Waals surface area (Å²) in [5.74, 6) is 0.722. The van der Waals surface area contributed by atoms with Crippen LogP contribution >= 0.6 is 23.5 Å². The molecule has 0 spiro atoms. The molecule has 1 unspecified atom stereocenters. The van der Waals surface area contributed by atoms with E-state index in [1.165, 1.54) is 28.2 Å². The van der Waals surface area contributed by atoms with Crippen molar-refractivity contribution in [2.24, 2.45) is 5.92 Å². The summed E-state index contributed by atoms with van der Waals surface area (Å²) in [6.45, 7) is 7.58. The molecule has 0 saturated heterocycles. The van der Waals surface area contributed by atoms with Crippen LogP contribution in [0.25, 0.3) is 0 Å². The Bertz CT molecular complexity index is 390. The average Bonchev–Trinajstić information content (AvgIpc) is 2.71. The predicted octanol–water partition coefficient (Wildman–Crippen LogP) is 5.18. The Morgan fingerprint density at radius 1 is 1.22 bits per heavy atom. The van der Waals surface area contributed by atoms with Gasteiger partial charge < -0.3 is 4.74 Å². The highest BCUT2D eigenvalue weighted by molar-refractivity contribution is 8.19. The number of hydrogen-bond acceptors (Lipinski definition) is 3. The molecule has 0 aromatic heterocycles. The zero-order valence-electron chi connectivity index (χ0n) is 11.4. The fraction of sp³-hybridized carbons (Fsp3) is 0.600. The van der Waals surface area contributed by atoms with Gasteiger partial charge >= 0.3 is 0 Å². The Labute approximate surface area is 119 Å². The monoisotopic (exact) mass is 282 g/mol. The Kier molecular flexibility index (Phi) is 5.46. The molecule has 1 aromatic rings. The predicted molar refractivity (Wildman–Crippen MR) is 81.3 cm³/mol. The summed E-state index contributed by atoms with van der Waals surface area (Å²) in [4.78, 5) is 2.79. The SMILES string of the molecule is CCCc1ccc2c(c1)SC(OCCC(C)C)S2. The second-order valence-electron chi connectivity index (χ2n) is 5.11. The molecule has 1 heterocycles. The van der Waals surface area contributed by atoms with Crippen molar-refractivity contribution >= 4 is 23.5 Å². The van der Waals surface area contributed by atoms with Gasteiger partial charge in [0, 0.05) is 16.4 Å². The Morgan fingerprint density at radius 3 is 2.72 bits per heavy atom. The smallest absolute Gasteiger partial charge is 0.158 e. The minimum Gasteiger partial charge on any atom is -0.357 e. The highest BCUT2D eigenvalue weighted by Gasteiger charge is 2.23. The molecule has 1 aliphatic heterocycles. The summed E-state index contributed by atoms with van der Waals surface area (Å²) < 4.78 is 6.18. The van der Waals surface area contributed by atoms with E-state index in [0.717, 1.165) is 18.9 Å². The van der Waals surface area contributed by atoms with Crippen LogP contribution in [0.4, 0.5) is 0 Å². The largest absolute Gasteiger partial charge is 0.357 e. The van der Waals surface area contributed by atoms with Gasteiger partial charge in [0.15, 0.2) is 4.77 Å². The van der Waals surface area contributed by atoms with Crippen LogP contribution in [0.1, 0.15) is 39.2 Å². The van der Waals surface area contributed by atoms with E-state index in [0.29, 0.717) is 0 Å². The van der Waals surface area contributed by atoms with Crippen LogP contribution in [-0.4, -0.2) is 11.4 Å². The number of hydrogen-bond donors (Lipinski definition) is 0. The van der Waals surface area contributed by atoms with Gasteiger partial charge in [0.1, 0.15) is 0 Å². The van der Waals surface area contributed by atoms with E-state index in [2.05, 4.69) is 39.0 Å². The van der Waals surface area contributed by atoms with Crippen molar-refractivity contribution in [2.45, 2.75) is 54.6 Å². The van der Waals surface area contributed by atoms with Crippen LogP contribution in [0.5, 0.6) is 0 Å². The van der Waals surface area contributed by atoms with E-state index in [1.807, 2.05) is 23.5 Å². The molecule has 0 amide bonds. The van der Waals surface area contributed by atoms with Crippen molar-refractivity contribution in [3.05, 3.63) is 23.8 Å². The van der Waals surface area contributed by atoms with Crippen LogP contribution in [0, 0.1) is 5.92 Å². The summed E-state index contributed by atoms with van der Waals surface area (Å²) in [6.07, 6.45) is 3.54. The molecule has 0 saturated carbocycles. The topological polar surface area (TPSA) is 9.23 Å². The summed E-state index contributed by atoms with van der Waals surface area (Å²) in [6, 6.07) is 6.85. The van der Waals surface area contributed by atoms with Crippen molar-refractivity contribution in [3.63, 3.8) is 0 Å². The number of rotatable bonds is 6. The number of aryl methyl sites for hydroxylation is 1. The second kappa shape index (κ2) is 6.88. The summed E-state index contributed by atoms with van der Waals surface area (Å²) in [5.41, 5.74) is 1.45. The van der Waals surface area contributed by atoms with E-state index >= 15 is 0 Å². The molecule has 18 heavy (non-hydrogen) atoms. The number of ether oxygens (including phenoxy) is 1. The molecule has 100 valence electrons. The van der Waals surface area contributed by atoms with Crippen LogP contribution in [0.3, 0.4) is 0 Å². The van der Waals surface area contributed by atoms with Gasteiger partial charge in [-0.05, 0) is 36.5 Å². The van der Waals surface area contributed by atoms with Crippen molar-refractivity contribution < 1.29 is 4.74 Å². The maximum Gasteiger partial charge on any atom is 0.158 e. The first-order valence-electron chi connectivity index (χ1n) is 6.77. The van der Waals surface area contributed by atoms with Gasteiger partial charge in [0.2, 0.25) is 0 Å². The fourth-order valence-electron chi connectivity index (χ4n) is 1.89. The van der Waals surface area contributed by atoms with E-state index in [-0.39, 0.29) is 4.77 Å². The normalized spacial score (nSPS) is 18.3. The Balaban J connectivity index is 1.87. The first kappa shape index (κ1) is 14.3. The van der Waals surface area contributed by atoms with Gasteiger partial charge in [-0.15, -0.1) is 0 Å². The number of benzene rings is 1. The highest BCUT2D eigenvalue weighted by Crippen LogP contribution is 2.48. The van der Waals surface area contributed by atoms with Gasteiger partial charge in [-0.2, -0.15) is 0 Å². The standard InChI is InChI=1S/C15H22OS2/c1-4-5-12-6-7-13-14(10-12)18-15(17-13)16-9-8-11(2)3/h6-7,10-11,15H,4-5,8-9H2,1-3H3. The third-order valence-corrected chi connectivity index (χ3v) is 5.51. The quantitative estimate of drug-likeness (QED) is 0.711. The maximum absolute atomic E-state index is 5.92. The maximum atomic E-state index is 5.92. The number of fused-ring (bicyclic) bond motifs is 1. The minimum atomic E-state index is 0.260. The van der Waals surface area contributed by atoms with Crippen LogP contribution in [0.15, 0.2) is 28.0 Å². The lowest BCUT2D eigenvalue weighted by Gasteiger charge is -2.10. The van der Waals surface area contributed by atoms with E-state index in [4.69, 9.17) is 4.74 Å². The summed E-state index contributed by atoms with van der Waals surface area (Å²) in [7, 11) is 0. The van der Waals surface area contributed by atoms with Crippen molar-refractivity contribution in [3.8, 4) is 0 Å². The molecule has 0 fully saturated rings. The van der Waals surface area contributed by atoms with E-state index < -0.39 is 0 Å². The summed E-state index contributed by atoms with van der Waals surface area (Å²) in [5, 5.41) is 0. The molecule has 1 aliphatic rings. The lowest BCUT2D eigenvalue weighted by molar-refractivity contribution is 0.151. The molecule has 1 atom stereocenters. The minimum absolute atomic E-state index is 0.260. The lowest BCUT2D eigenvalue weighted by atomic mass is 10.1. The molecule has 0 radical (unpaired) electrons. The zero-order chi connectivity index (χ0) is 13.0. The molecule has 1 nitrogen and oxygen atoms in total. The second-order valence-corrected chi connectivity index (χ2v) is 7.61. The van der Waals surface area contributed by atoms with E-state index in [9.17, 15) is 0 Å². The molecule has 2 rings (SSSR count). The van der Waals surface area contributed by atoms with Gasteiger partial charge in [0.05, 0.1) is 0 Å². The van der Waals surface area contributed by atoms with E-state index in [1.54, 1.807) is 0 Å². The first-order chi connectivity index (χ1) is 8.69. The van der Waals surface area contributed by atoms with Gasteiger partial charge in [0.25, 0.3) is 0 Å². The van der Waals surface area contributed by atoms with Gasteiger partial charge in [-0.25, -0.2) is 0 Å². The zero-order valence-corrected chi connectivity index (χ0v) is 13.1. The molecule has 0 N–H and O–H groups in total. The Hall–Kier alpha value is -0.120. The third kappa shape index (κ3) is 3.94. The lowest BCUT2D eigenvalue weighted by Crippen LogP contribution is -2.04. The van der Waals surface area contributed by atoms with Crippen molar-refractivity contribution in [1.82, 2.24) is 0 Å². The van der Waals surface area contributed by atoms with Gasteiger partial charge in [-0.1, -0.05) is 56.8 Å². The fourth-order valence-corrected chi connectivity index (χ4v) is 4.46. The molecule has 0 aliphatic carbocycles. The Morgan fingerprint density at radius 2 is 2.00 bits per heavy atom. The van der Waals surface area contributed by atoms with Crippen LogP contribution in [-0.2, 0) is 11.2 Å². The molecular weight excluding hydrogens is 260 g/mol. The van der Waals surface area contributed by atoms with Crippen molar-refractivity contribution in [1.29, 1.82) is 0 Å². The molecule has 0 bridgehead atoms. The van der Waals surface area contributed by atoms with Crippen LogP contribution in [0.2, 0.25) is 0 Å². The van der Waals surface area contributed by atoms with Crippen LogP contribution < -0.4 is 0 Å². The summed E-state index contributed by atoms with van der Waals surface area (Å²) >= 11 is 3.72.